The number of halogens is 2. The summed E-state index contributed by atoms with van der Waals surface area (Å²) in [5, 5.41) is 5.78. The first kappa shape index (κ1) is 14.3. The first-order valence-electron chi connectivity index (χ1n) is 6.19. The Bertz CT molecular complexity index is 747. The van der Waals surface area contributed by atoms with Gasteiger partial charge in [-0.1, -0.05) is 35.3 Å². The van der Waals surface area contributed by atoms with Crippen LogP contribution in [0.4, 0.5) is 0 Å². The molecule has 1 amide bonds. The molecule has 0 saturated carbocycles. The minimum absolute atomic E-state index is 0.200. The van der Waals surface area contributed by atoms with Crippen molar-refractivity contribution < 1.29 is 4.79 Å². The molecule has 1 aromatic heterocycles. The van der Waals surface area contributed by atoms with Gasteiger partial charge in [0.2, 0.25) is 0 Å². The molecule has 1 N–H and O–H groups in total. The second-order valence-electron chi connectivity index (χ2n) is 4.43. The molecule has 2 aromatic rings. The number of carbonyl (C=O) groups is 1. The van der Waals surface area contributed by atoms with Gasteiger partial charge in [-0.2, -0.15) is 0 Å². The van der Waals surface area contributed by atoms with Crippen molar-refractivity contribution in [3.8, 4) is 0 Å². The van der Waals surface area contributed by atoms with E-state index in [2.05, 4.69) is 10.3 Å². The second-order valence-corrected chi connectivity index (χ2v) is 6.19. The molecule has 106 valence electrons. The zero-order valence-electron chi connectivity index (χ0n) is 10.8. The van der Waals surface area contributed by atoms with E-state index in [-0.39, 0.29) is 5.91 Å². The van der Waals surface area contributed by atoms with Crippen molar-refractivity contribution in [2.45, 2.75) is 0 Å². The third-order valence-corrected chi connectivity index (χ3v) is 4.56. The summed E-state index contributed by atoms with van der Waals surface area (Å²) >= 11 is 13.1. The molecule has 21 heavy (non-hydrogen) atoms. The van der Waals surface area contributed by atoms with Gasteiger partial charge in [0.05, 0.1) is 17.3 Å². The van der Waals surface area contributed by atoms with Crippen molar-refractivity contribution in [3.05, 3.63) is 68.0 Å². The number of hydrogen-bond donors (Lipinski definition) is 1. The summed E-state index contributed by atoms with van der Waals surface area (Å²) in [6.07, 6.45) is 1.86. The standard InChI is InChI=1S/C15H10Cl2N2OS/c16-10-3-1-9(2-4-10)13-7-11(8-18-13)19-15(20)14-12(17)5-6-21-14/h1-7H,8H2,(H,19,20). The Morgan fingerprint density at radius 2 is 1.95 bits per heavy atom. The zero-order chi connectivity index (χ0) is 14.8. The van der Waals surface area contributed by atoms with Crippen LogP contribution in [0, 0.1) is 0 Å². The van der Waals surface area contributed by atoms with E-state index < -0.39 is 0 Å². The van der Waals surface area contributed by atoms with Crippen molar-refractivity contribution >= 4 is 46.2 Å². The molecule has 0 radical (unpaired) electrons. The van der Waals surface area contributed by atoms with E-state index in [4.69, 9.17) is 23.2 Å². The van der Waals surface area contributed by atoms with E-state index >= 15 is 0 Å². The Kier molecular flexibility index (Phi) is 4.10. The quantitative estimate of drug-likeness (QED) is 0.897. The summed E-state index contributed by atoms with van der Waals surface area (Å²) < 4.78 is 0. The van der Waals surface area contributed by atoms with E-state index in [1.165, 1.54) is 11.3 Å². The molecule has 0 aliphatic carbocycles. The number of amides is 1. The van der Waals surface area contributed by atoms with Crippen LogP contribution in [0.25, 0.3) is 0 Å². The fourth-order valence-electron chi connectivity index (χ4n) is 1.96. The predicted molar refractivity (Wildman–Crippen MR) is 87.7 cm³/mol. The first-order valence-corrected chi connectivity index (χ1v) is 7.82. The third kappa shape index (κ3) is 3.18. The van der Waals surface area contributed by atoms with Gasteiger partial charge in [-0.25, -0.2) is 0 Å². The highest BCUT2D eigenvalue weighted by molar-refractivity contribution is 7.12. The lowest BCUT2D eigenvalue weighted by molar-refractivity contribution is 0.0970. The van der Waals surface area contributed by atoms with Crippen LogP contribution in [0.1, 0.15) is 15.2 Å². The Hall–Kier alpha value is -1.62. The summed E-state index contributed by atoms with van der Waals surface area (Å²) in [5.41, 5.74) is 2.56. The maximum atomic E-state index is 12.1. The van der Waals surface area contributed by atoms with Gasteiger partial charge in [0.25, 0.3) is 5.91 Å². The van der Waals surface area contributed by atoms with Crippen LogP contribution in [-0.2, 0) is 0 Å². The van der Waals surface area contributed by atoms with Crippen LogP contribution in [0.3, 0.4) is 0 Å². The van der Waals surface area contributed by atoms with E-state index in [1.807, 2.05) is 30.3 Å². The maximum Gasteiger partial charge on any atom is 0.267 e. The first-order chi connectivity index (χ1) is 10.1. The molecule has 1 aliphatic heterocycles. The number of rotatable bonds is 3. The Labute approximate surface area is 135 Å². The molecule has 1 aromatic carbocycles. The average molecular weight is 337 g/mol. The number of nitrogens with zero attached hydrogens (tertiary/aromatic N) is 1. The van der Waals surface area contributed by atoms with Gasteiger partial charge in [-0.15, -0.1) is 11.3 Å². The number of benzene rings is 1. The fourth-order valence-corrected chi connectivity index (χ4v) is 3.12. The summed E-state index contributed by atoms with van der Waals surface area (Å²) in [6.45, 7) is 0.451. The van der Waals surface area contributed by atoms with Gasteiger partial charge in [-0.05, 0) is 35.2 Å². The minimum atomic E-state index is -0.200. The number of hydrogen-bond acceptors (Lipinski definition) is 3. The predicted octanol–water partition coefficient (Wildman–Crippen LogP) is 4.17. The van der Waals surface area contributed by atoms with Gasteiger partial charge in [0.1, 0.15) is 4.88 Å². The van der Waals surface area contributed by atoms with Crippen LogP contribution in [0.2, 0.25) is 10.0 Å². The lowest BCUT2D eigenvalue weighted by Gasteiger charge is -2.03. The molecular weight excluding hydrogens is 327 g/mol. The summed E-state index contributed by atoms with van der Waals surface area (Å²) in [7, 11) is 0. The van der Waals surface area contributed by atoms with Crippen molar-refractivity contribution in [2.75, 3.05) is 6.54 Å². The minimum Gasteiger partial charge on any atom is -0.323 e. The molecule has 0 fully saturated rings. The van der Waals surface area contributed by atoms with Crippen LogP contribution in [-0.4, -0.2) is 18.2 Å². The van der Waals surface area contributed by atoms with E-state index in [0.29, 0.717) is 21.5 Å². The smallest absolute Gasteiger partial charge is 0.267 e. The normalized spacial score (nSPS) is 13.8. The van der Waals surface area contributed by atoms with Crippen LogP contribution < -0.4 is 5.32 Å². The van der Waals surface area contributed by atoms with Crippen molar-refractivity contribution in [3.63, 3.8) is 0 Å². The molecule has 0 spiro atoms. The van der Waals surface area contributed by atoms with Crippen molar-refractivity contribution in [1.29, 1.82) is 0 Å². The number of thiophene rings is 1. The number of allylic oxidation sites excluding steroid dienone is 1. The zero-order valence-corrected chi connectivity index (χ0v) is 13.1. The van der Waals surface area contributed by atoms with Crippen LogP contribution in [0.15, 0.2) is 52.5 Å². The van der Waals surface area contributed by atoms with Crippen LogP contribution in [0.5, 0.6) is 0 Å². The van der Waals surface area contributed by atoms with Crippen molar-refractivity contribution in [2.24, 2.45) is 4.99 Å². The van der Waals surface area contributed by atoms with Crippen molar-refractivity contribution in [1.82, 2.24) is 5.32 Å². The molecule has 0 atom stereocenters. The summed E-state index contributed by atoms with van der Waals surface area (Å²) in [4.78, 5) is 17.0. The Morgan fingerprint density at radius 1 is 1.19 bits per heavy atom. The Morgan fingerprint density at radius 3 is 2.62 bits per heavy atom. The van der Waals surface area contributed by atoms with E-state index in [0.717, 1.165) is 17.0 Å². The summed E-state index contributed by atoms with van der Waals surface area (Å²) in [6, 6.07) is 9.14. The second kappa shape index (κ2) is 6.02. The monoisotopic (exact) mass is 336 g/mol. The van der Waals surface area contributed by atoms with Gasteiger partial charge < -0.3 is 5.32 Å². The lowest BCUT2D eigenvalue weighted by Crippen LogP contribution is -2.22. The molecule has 0 unspecified atom stereocenters. The number of aliphatic imine (C=N–C) groups is 1. The average Bonchev–Trinajstić information content (AvgIpc) is 3.09. The molecule has 1 aliphatic rings. The Balaban J connectivity index is 1.72. The topological polar surface area (TPSA) is 41.5 Å². The van der Waals surface area contributed by atoms with Crippen LogP contribution >= 0.6 is 34.5 Å². The van der Waals surface area contributed by atoms with E-state index in [9.17, 15) is 4.79 Å². The van der Waals surface area contributed by atoms with E-state index in [1.54, 1.807) is 11.4 Å². The molecule has 3 nitrogen and oxygen atoms in total. The van der Waals surface area contributed by atoms with Gasteiger partial charge in [0.15, 0.2) is 0 Å². The lowest BCUT2D eigenvalue weighted by atomic mass is 10.1. The summed E-state index contributed by atoms with van der Waals surface area (Å²) in [5.74, 6) is -0.200. The number of carbonyl (C=O) groups excluding carboxylic acids is 1. The van der Waals surface area contributed by atoms with Gasteiger partial charge in [0, 0.05) is 10.7 Å². The number of nitrogens with one attached hydrogen (secondary N) is 1. The highest BCUT2D eigenvalue weighted by Gasteiger charge is 2.16. The van der Waals surface area contributed by atoms with Gasteiger partial charge >= 0.3 is 0 Å². The highest BCUT2D eigenvalue weighted by Crippen LogP contribution is 2.22. The molecule has 0 saturated heterocycles. The molecule has 3 rings (SSSR count). The third-order valence-electron chi connectivity index (χ3n) is 2.97. The fraction of sp³-hybridized carbons (Fsp3) is 0.0667. The molecule has 6 heteroatoms. The SMILES string of the molecule is O=C(NC1=CC(c2ccc(Cl)cc2)=NC1)c1sccc1Cl. The molecule has 2 heterocycles. The largest absolute Gasteiger partial charge is 0.323 e. The highest BCUT2D eigenvalue weighted by atomic mass is 35.5. The molecule has 0 bridgehead atoms. The van der Waals surface area contributed by atoms with Gasteiger partial charge in [-0.3, -0.25) is 9.79 Å². The molecular formula is C15H10Cl2N2OS. The maximum absolute atomic E-state index is 12.1.